The fraction of sp³-hybridized carbons (Fsp3) is 0.200. The van der Waals surface area contributed by atoms with E-state index >= 15 is 0 Å². The lowest BCUT2D eigenvalue weighted by molar-refractivity contribution is 0.0600. The molecule has 2 aromatic rings. The first-order valence-electron chi connectivity index (χ1n) is 6.05. The third-order valence-electron chi connectivity index (χ3n) is 2.88. The number of ether oxygens (including phenoxy) is 1. The van der Waals surface area contributed by atoms with Crippen LogP contribution >= 0.6 is 15.9 Å². The van der Waals surface area contributed by atoms with Crippen molar-refractivity contribution in [3.05, 3.63) is 68.0 Å². The normalized spacial score (nSPS) is 10.3. The van der Waals surface area contributed by atoms with Crippen LogP contribution in [0.2, 0.25) is 0 Å². The Bertz CT molecular complexity index is 707. The number of hydrogen-bond acceptors (Lipinski definition) is 3. The number of halogens is 1. The molecule has 0 amide bonds. The summed E-state index contributed by atoms with van der Waals surface area (Å²) in [6, 6.07) is 8.84. The van der Waals surface area contributed by atoms with Gasteiger partial charge < -0.3 is 9.30 Å². The quantitative estimate of drug-likeness (QED) is 0.810. The number of hydrogen-bond donors (Lipinski definition) is 0. The standard InChI is InChI=1S/C15H14BrNO3/c1-10-6-13(16)14(18)17(8-10)9-11-4-3-5-12(7-11)15(19)20-2/h3-8H,9H2,1-2H3. The number of pyridine rings is 1. The van der Waals surface area contributed by atoms with E-state index in [1.54, 1.807) is 35.0 Å². The first-order chi connectivity index (χ1) is 9.51. The Labute approximate surface area is 125 Å². The lowest BCUT2D eigenvalue weighted by Crippen LogP contribution is -2.21. The highest BCUT2D eigenvalue weighted by atomic mass is 79.9. The van der Waals surface area contributed by atoms with Gasteiger partial charge in [0.2, 0.25) is 0 Å². The molecule has 0 aliphatic rings. The van der Waals surface area contributed by atoms with Crippen molar-refractivity contribution in [2.45, 2.75) is 13.5 Å². The highest BCUT2D eigenvalue weighted by Gasteiger charge is 2.07. The van der Waals surface area contributed by atoms with Crippen molar-refractivity contribution in [2.24, 2.45) is 0 Å². The number of nitrogens with zero attached hydrogens (tertiary/aromatic N) is 1. The van der Waals surface area contributed by atoms with E-state index < -0.39 is 0 Å². The molecule has 1 aromatic carbocycles. The Kier molecular flexibility index (Phi) is 4.39. The van der Waals surface area contributed by atoms with Crippen molar-refractivity contribution >= 4 is 21.9 Å². The molecule has 0 fully saturated rings. The van der Waals surface area contributed by atoms with Gasteiger partial charge in [0, 0.05) is 6.20 Å². The molecule has 0 spiro atoms. The molecular weight excluding hydrogens is 322 g/mol. The maximum Gasteiger partial charge on any atom is 0.337 e. The SMILES string of the molecule is COC(=O)c1cccc(Cn2cc(C)cc(Br)c2=O)c1. The summed E-state index contributed by atoms with van der Waals surface area (Å²) in [5, 5.41) is 0. The molecular formula is C15H14BrNO3. The van der Waals surface area contributed by atoms with E-state index in [1.165, 1.54) is 7.11 Å². The second-order valence-electron chi connectivity index (χ2n) is 4.49. The van der Waals surface area contributed by atoms with E-state index in [4.69, 9.17) is 0 Å². The zero-order valence-corrected chi connectivity index (χ0v) is 12.8. The van der Waals surface area contributed by atoms with E-state index in [-0.39, 0.29) is 11.5 Å². The second-order valence-corrected chi connectivity index (χ2v) is 5.34. The number of carbonyl (C=O) groups is 1. The average Bonchev–Trinajstić information content (AvgIpc) is 2.43. The van der Waals surface area contributed by atoms with Crippen molar-refractivity contribution in [3.8, 4) is 0 Å². The van der Waals surface area contributed by atoms with Crippen molar-refractivity contribution < 1.29 is 9.53 Å². The van der Waals surface area contributed by atoms with Gasteiger partial charge in [-0.15, -0.1) is 0 Å². The van der Waals surface area contributed by atoms with Crippen LogP contribution in [0.5, 0.6) is 0 Å². The number of benzene rings is 1. The first kappa shape index (κ1) is 14.5. The van der Waals surface area contributed by atoms with Gasteiger partial charge in [0.1, 0.15) is 0 Å². The van der Waals surface area contributed by atoms with Crippen molar-refractivity contribution in [3.63, 3.8) is 0 Å². The Morgan fingerprint density at radius 2 is 2.10 bits per heavy atom. The average molecular weight is 336 g/mol. The van der Waals surface area contributed by atoms with Crippen LogP contribution in [0.1, 0.15) is 21.5 Å². The second kappa shape index (κ2) is 6.05. The van der Waals surface area contributed by atoms with Gasteiger partial charge in [0.05, 0.1) is 23.7 Å². The summed E-state index contributed by atoms with van der Waals surface area (Å²) in [4.78, 5) is 23.5. The van der Waals surface area contributed by atoms with E-state index in [9.17, 15) is 9.59 Å². The molecule has 0 saturated heterocycles. The zero-order chi connectivity index (χ0) is 14.7. The third kappa shape index (κ3) is 3.17. The van der Waals surface area contributed by atoms with Gasteiger partial charge in [-0.2, -0.15) is 0 Å². The van der Waals surface area contributed by atoms with Gasteiger partial charge in [-0.05, 0) is 52.2 Å². The van der Waals surface area contributed by atoms with Gasteiger partial charge in [-0.1, -0.05) is 12.1 Å². The number of esters is 1. The van der Waals surface area contributed by atoms with Crippen LogP contribution in [0.3, 0.4) is 0 Å². The predicted molar refractivity (Wildman–Crippen MR) is 80.0 cm³/mol. The molecule has 0 aliphatic heterocycles. The van der Waals surface area contributed by atoms with Gasteiger partial charge in [0.25, 0.3) is 5.56 Å². The molecule has 4 nitrogen and oxygen atoms in total. The smallest absolute Gasteiger partial charge is 0.337 e. The Balaban J connectivity index is 2.36. The molecule has 2 rings (SSSR count). The zero-order valence-electron chi connectivity index (χ0n) is 11.2. The summed E-state index contributed by atoms with van der Waals surface area (Å²) in [7, 11) is 1.34. The molecule has 0 radical (unpaired) electrons. The molecule has 0 N–H and O–H groups in total. The topological polar surface area (TPSA) is 48.3 Å². The minimum atomic E-state index is -0.385. The molecule has 1 heterocycles. The maximum absolute atomic E-state index is 12.0. The highest BCUT2D eigenvalue weighted by Crippen LogP contribution is 2.10. The van der Waals surface area contributed by atoms with Gasteiger partial charge in [0.15, 0.2) is 0 Å². The molecule has 0 aliphatic carbocycles. The van der Waals surface area contributed by atoms with E-state index in [2.05, 4.69) is 20.7 Å². The highest BCUT2D eigenvalue weighted by molar-refractivity contribution is 9.10. The number of rotatable bonds is 3. The molecule has 20 heavy (non-hydrogen) atoms. The van der Waals surface area contributed by atoms with E-state index in [1.807, 2.05) is 13.0 Å². The van der Waals surface area contributed by atoms with Gasteiger partial charge >= 0.3 is 5.97 Å². The molecule has 0 unspecified atom stereocenters. The monoisotopic (exact) mass is 335 g/mol. The van der Waals surface area contributed by atoms with E-state index in [0.717, 1.165) is 11.1 Å². The van der Waals surface area contributed by atoms with Crippen LogP contribution in [0.4, 0.5) is 0 Å². The van der Waals surface area contributed by atoms with Crippen LogP contribution in [0.25, 0.3) is 0 Å². The summed E-state index contributed by atoms with van der Waals surface area (Å²) in [6.45, 7) is 2.33. The van der Waals surface area contributed by atoms with Crippen LogP contribution in [0, 0.1) is 6.92 Å². The van der Waals surface area contributed by atoms with Crippen molar-refractivity contribution in [2.75, 3.05) is 7.11 Å². The minimum Gasteiger partial charge on any atom is -0.465 e. The summed E-state index contributed by atoms with van der Waals surface area (Å²) in [6.07, 6.45) is 1.79. The summed E-state index contributed by atoms with van der Waals surface area (Å²) >= 11 is 3.25. The fourth-order valence-corrected chi connectivity index (χ4v) is 2.56. The number of aromatic nitrogens is 1. The predicted octanol–water partition coefficient (Wildman–Crippen LogP) is 2.75. The number of methoxy groups -OCH3 is 1. The maximum atomic E-state index is 12.0. The molecule has 0 saturated carbocycles. The number of aryl methyl sites for hydroxylation is 1. The summed E-state index contributed by atoms with van der Waals surface area (Å²) < 4.78 is 6.82. The largest absolute Gasteiger partial charge is 0.465 e. The lowest BCUT2D eigenvalue weighted by Gasteiger charge is -2.09. The minimum absolute atomic E-state index is 0.0981. The Morgan fingerprint density at radius 1 is 1.35 bits per heavy atom. The van der Waals surface area contributed by atoms with Crippen molar-refractivity contribution in [1.82, 2.24) is 4.57 Å². The van der Waals surface area contributed by atoms with Gasteiger partial charge in [-0.3, -0.25) is 4.79 Å². The first-order valence-corrected chi connectivity index (χ1v) is 6.84. The molecule has 104 valence electrons. The molecule has 0 atom stereocenters. The fourth-order valence-electron chi connectivity index (χ4n) is 1.97. The Hall–Kier alpha value is -1.88. The van der Waals surface area contributed by atoms with Gasteiger partial charge in [-0.25, -0.2) is 4.79 Å². The van der Waals surface area contributed by atoms with Crippen LogP contribution in [-0.4, -0.2) is 17.6 Å². The van der Waals surface area contributed by atoms with Crippen LogP contribution in [0.15, 0.2) is 45.8 Å². The van der Waals surface area contributed by atoms with Crippen LogP contribution in [-0.2, 0) is 11.3 Å². The van der Waals surface area contributed by atoms with E-state index in [0.29, 0.717) is 16.6 Å². The number of carbonyl (C=O) groups excluding carboxylic acids is 1. The van der Waals surface area contributed by atoms with Crippen molar-refractivity contribution in [1.29, 1.82) is 0 Å². The van der Waals surface area contributed by atoms with Crippen LogP contribution < -0.4 is 5.56 Å². The lowest BCUT2D eigenvalue weighted by atomic mass is 10.1. The molecule has 0 bridgehead atoms. The summed E-state index contributed by atoms with van der Waals surface area (Å²) in [5.74, 6) is -0.385. The molecule has 1 aromatic heterocycles. The summed E-state index contributed by atoms with van der Waals surface area (Å²) in [5.41, 5.74) is 2.23. The Morgan fingerprint density at radius 3 is 2.80 bits per heavy atom. The third-order valence-corrected chi connectivity index (χ3v) is 3.45. The molecule has 5 heteroatoms.